The van der Waals surface area contributed by atoms with E-state index in [1.165, 1.54) is 0 Å². The fourth-order valence-electron chi connectivity index (χ4n) is 5.59. The number of nitrogens with zero attached hydrogens (tertiary/aromatic N) is 4. The number of fused-ring (bicyclic) bond motifs is 1. The topological polar surface area (TPSA) is 116 Å². The van der Waals surface area contributed by atoms with Crippen LogP contribution in [0.3, 0.4) is 0 Å². The molecule has 2 aromatic rings. The summed E-state index contributed by atoms with van der Waals surface area (Å²) in [7, 11) is -3.46. The van der Waals surface area contributed by atoms with E-state index in [1.807, 2.05) is 25.3 Å². The number of hydrogen-bond acceptors (Lipinski definition) is 5. The molecule has 3 amide bonds. The van der Waals surface area contributed by atoms with Crippen molar-refractivity contribution in [2.24, 2.45) is 5.92 Å². The minimum Gasteiger partial charge on any atom is -0.290 e. The number of imide groups is 1. The van der Waals surface area contributed by atoms with E-state index in [0.717, 1.165) is 56.0 Å². The zero-order chi connectivity index (χ0) is 23.9. The second-order valence-corrected chi connectivity index (χ2v) is 11.5. The third-order valence-electron chi connectivity index (χ3n) is 7.34. The van der Waals surface area contributed by atoms with Crippen LogP contribution in [0.4, 0.5) is 10.5 Å². The minimum absolute atomic E-state index is 0.0542. The molecule has 11 heteroatoms. The van der Waals surface area contributed by atoms with E-state index in [2.05, 4.69) is 15.1 Å². The monoisotopic (exact) mass is 488 g/mol. The van der Waals surface area contributed by atoms with Gasteiger partial charge in [0.25, 0.3) is 10.2 Å². The van der Waals surface area contributed by atoms with Crippen molar-refractivity contribution in [1.82, 2.24) is 24.0 Å². The lowest BCUT2D eigenvalue weighted by atomic mass is 9.88. The molecule has 184 valence electrons. The molecule has 10 nitrogen and oxygen atoms in total. The van der Waals surface area contributed by atoms with Gasteiger partial charge in [-0.2, -0.15) is 22.5 Å². The van der Waals surface area contributed by atoms with Crippen molar-refractivity contribution in [3.8, 4) is 0 Å². The number of pyridine rings is 1. The summed E-state index contributed by atoms with van der Waals surface area (Å²) in [4.78, 5) is 25.4. The van der Waals surface area contributed by atoms with Crippen molar-refractivity contribution in [2.75, 3.05) is 18.0 Å². The van der Waals surface area contributed by atoms with Gasteiger partial charge in [-0.1, -0.05) is 12.8 Å². The van der Waals surface area contributed by atoms with Gasteiger partial charge in [0.15, 0.2) is 0 Å². The Hall–Kier alpha value is -2.50. The highest BCUT2D eigenvalue weighted by atomic mass is 32.2. The standard InChI is InChI=1S/C23H32N6O4S/c1-16-12-17(7-11-29(16)34(32,33)26-19-4-2-3-5-19)13-18-6-10-28-20(14-18)21(15-24-28)27-9-8-22(30)25-23(27)31/h6,10,14-17,19,26H,2-5,7-9,11-13H2,1H3,(H,25,30,31)/t16-,17+/m0/s1. The molecule has 3 fully saturated rings. The fraction of sp³-hybridized carbons (Fsp3) is 0.609. The molecule has 5 rings (SSSR count). The summed E-state index contributed by atoms with van der Waals surface area (Å²) in [5, 5.41) is 6.71. The van der Waals surface area contributed by atoms with Crippen LogP contribution in [0.15, 0.2) is 24.5 Å². The Morgan fingerprint density at radius 3 is 2.71 bits per heavy atom. The predicted octanol–water partition coefficient (Wildman–Crippen LogP) is 2.20. The summed E-state index contributed by atoms with van der Waals surface area (Å²) >= 11 is 0. The normalized spacial score (nSPS) is 25.3. The van der Waals surface area contributed by atoms with Crippen molar-refractivity contribution in [2.45, 2.75) is 70.4 Å². The maximum Gasteiger partial charge on any atom is 0.328 e. The summed E-state index contributed by atoms with van der Waals surface area (Å²) < 4.78 is 32.1. The highest BCUT2D eigenvalue weighted by Crippen LogP contribution is 2.30. The van der Waals surface area contributed by atoms with E-state index in [1.54, 1.807) is 19.9 Å². The van der Waals surface area contributed by atoms with E-state index in [-0.39, 0.29) is 24.4 Å². The Bertz CT molecular complexity index is 1190. The number of rotatable bonds is 6. The van der Waals surface area contributed by atoms with E-state index < -0.39 is 16.2 Å². The molecule has 34 heavy (non-hydrogen) atoms. The maximum absolute atomic E-state index is 12.9. The zero-order valence-corrected chi connectivity index (χ0v) is 20.3. The Kier molecular flexibility index (Phi) is 6.34. The van der Waals surface area contributed by atoms with Gasteiger partial charge in [0, 0.05) is 37.8 Å². The minimum atomic E-state index is -3.46. The molecule has 2 aliphatic heterocycles. The highest BCUT2D eigenvalue weighted by molar-refractivity contribution is 7.87. The lowest BCUT2D eigenvalue weighted by Crippen LogP contribution is -2.51. The molecule has 2 N–H and O–H groups in total. The summed E-state index contributed by atoms with van der Waals surface area (Å²) in [5.41, 5.74) is 2.62. The van der Waals surface area contributed by atoms with Crippen LogP contribution in [0.25, 0.3) is 5.52 Å². The number of aromatic nitrogens is 2. The quantitative estimate of drug-likeness (QED) is 0.647. The Morgan fingerprint density at radius 2 is 1.97 bits per heavy atom. The lowest BCUT2D eigenvalue weighted by Gasteiger charge is -2.37. The van der Waals surface area contributed by atoms with Crippen LogP contribution in [0.2, 0.25) is 0 Å². The number of carbonyl (C=O) groups excluding carboxylic acids is 2. The van der Waals surface area contributed by atoms with Crippen LogP contribution in [0, 0.1) is 5.92 Å². The lowest BCUT2D eigenvalue weighted by molar-refractivity contribution is -0.120. The summed E-state index contributed by atoms with van der Waals surface area (Å²) in [6.45, 7) is 2.85. The van der Waals surface area contributed by atoms with Gasteiger partial charge < -0.3 is 0 Å². The fourth-order valence-corrected chi connectivity index (χ4v) is 7.28. The van der Waals surface area contributed by atoms with Gasteiger partial charge in [0.05, 0.1) is 17.4 Å². The molecule has 2 saturated heterocycles. The second-order valence-electron chi connectivity index (χ2n) is 9.81. The molecule has 0 aromatic carbocycles. The van der Waals surface area contributed by atoms with Crippen molar-refractivity contribution >= 4 is 33.4 Å². The Labute approximate surface area is 199 Å². The van der Waals surface area contributed by atoms with Gasteiger partial charge >= 0.3 is 6.03 Å². The maximum atomic E-state index is 12.9. The van der Waals surface area contributed by atoms with E-state index in [0.29, 0.717) is 24.7 Å². The van der Waals surface area contributed by atoms with E-state index >= 15 is 0 Å². The molecule has 0 spiro atoms. The van der Waals surface area contributed by atoms with Gasteiger partial charge in [0.2, 0.25) is 5.91 Å². The van der Waals surface area contributed by atoms with Gasteiger partial charge in [-0.05, 0) is 62.6 Å². The number of piperidine rings is 1. The number of amides is 3. The van der Waals surface area contributed by atoms with Crippen LogP contribution in [-0.2, 0) is 21.4 Å². The van der Waals surface area contributed by atoms with Crippen LogP contribution in [0.1, 0.15) is 57.4 Å². The molecular weight excluding hydrogens is 456 g/mol. The number of hydrogen-bond donors (Lipinski definition) is 2. The van der Waals surface area contributed by atoms with Gasteiger partial charge in [0.1, 0.15) is 0 Å². The second kappa shape index (κ2) is 9.27. The number of nitrogens with one attached hydrogen (secondary N) is 2. The third-order valence-corrected chi connectivity index (χ3v) is 9.13. The molecule has 2 atom stereocenters. The molecule has 0 unspecified atom stereocenters. The largest absolute Gasteiger partial charge is 0.328 e. The molecule has 1 saturated carbocycles. The average molecular weight is 489 g/mol. The van der Waals surface area contributed by atoms with Crippen molar-refractivity contribution in [3.05, 3.63) is 30.1 Å². The molecule has 1 aliphatic carbocycles. The van der Waals surface area contributed by atoms with E-state index in [4.69, 9.17) is 0 Å². The van der Waals surface area contributed by atoms with Crippen LogP contribution in [0.5, 0.6) is 0 Å². The molecule has 3 aliphatic rings. The third kappa shape index (κ3) is 4.69. The zero-order valence-electron chi connectivity index (χ0n) is 19.4. The molecular formula is C23H32N6O4S. The molecule has 2 aromatic heterocycles. The summed E-state index contributed by atoms with van der Waals surface area (Å²) in [6, 6.07) is 3.67. The highest BCUT2D eigenvalue weighted by Gasteiger charge is 2.35. The SMILES string of the molecule is C[C@H]1C[C@H](Cc2ccn3ncc(N4CCC(=O)NC4=O)c3c2)CCN1S(=O)(=O)NC1CCCC1. The Balaban J connectivity index is 1.26. The number of urea groups is 1. The average Bonchev–Trinajstić information content (AvgIpc) is 3.43. The molecule has 0 bridgehead atoms. The smallest absolute Gasteiger partial charge is 0.290 e. The Morgan fingerprint density at radius 1 is 1.18 bits per heavy atom. The first-order valence-corrected chi connectivity index (χ1v) is 13.6. The van der Waals surface area contributed by atoms with Gasteiger partial charge in [-0.3, -0.25) is 15.0 Å². The number of carbonyl (C=O) groups is 2. The van der Waals surface area contributed by atoms with Crippen molar-refractivity contribution < 1.29 is 18.0 Å². The van der Waals surface area contributed by atoms with Crippen LogP contribution < -0.4 is 14.9 Å². The summed E-state index contributed by atoms with van der Waals surface area (Å²) in [6.07, 6.45) is 10.3. The first kappa shape index (κ1) is 23.3. The molecule has 4 heterocycles. The first-order valence-electron chi connectivity index (χ1n) is 12.2. The predicted molar refractivity (Wildman–Crippen MR) is 128 cm³/mol. The van der Waals surface area contributed by atoms with Crippen LogP contribution >= 0.6 is 0 Å². The number of anilines is 1. The van der Waals surface area contributed by atoms with Crippen LogP contribution in [-0.4, -0.2) is 59.4 Å². The molecule has 0 radical (unpaired) electrons. The van der Waals surface area contributed by atoms with Crippen molar-refractivity contribution in [3.63, 3.8) is 0 Å². The van der Waals surface area contributed by atoms with Gasteiger partial charge in [-0.15, -0.1) is 0 Å². The summed E-state index contributed by atoms with van der Waals surface area (Å²) in [5.74, 6) is 0.108. The van der Waals surface area contributed by atoms with Gasteiger partial charge in [-0.25, -0.2) is 9.31 Å². The van der Waals surface area contributed by atoms with E-state index in [9.17, 15) is 18.0 Å². The first-order chi connectivity index (χ1) is 16.3. The van der Waals surface area contributed by atoms with Crippen molar-refractivity contribution in [1.29, 1.82) is 0 Å².